The zero-order chi connectivity index (χ0) is 19.8. The second kappa shape index (κ2) is 8.03. The van der Waals surface area contributed by atoms with Gasteiger partial charge in [-0.3, -0.25) is 14.3 Å². The number of ether oxygens (including phenoxy) is 1. The molecule has 0 atom stereocenters. The summed E-state index contributed by atoms with van der Waals surface area (Å²) in [5, 5.41) is 1.00. The SMILES string of the molecule is Cc1cc(=O)n(C2CCCC2)c2nc(N3CCN(C4CCOCC4)CC3)ncc12. The Morgan fingerprint density at radius 3 is 2.45 bits per heavy atom. The monoisotopic (exact) mass is 397 g/mol. The first-order chi connectivity index (χ1) is 14.2. The van der Waals surface area contributed by atoms with Gasteiger partial charge in [-0.2, -0.15) is 4.98 Å². The van der Waals surface area contributed by atoms with Gasteiger partial charge in [0.2, 0.25) is 5.95 Å². The van der Waals surface area contributed by atoms with Gasteiger partial charge in [0.1, 0.15) is 5.65 Å². The van der Waals surface area contributed by atoms with Crippen LogP contribution in [-0.4, -0.2) is 64.9 Å². The summed E-state index contributed by atoms with van der Waals surface area (Å²) in [7, 11) is 0. The number of aromatic nitrogens is 3. The molecule has 2 aromatic heterocycles. The number of rotatable bonds is 3. The molecule has 0 aromatic carbocycles. The number of pyridine rings is 1. The van der Waals surface area contributed by atoms with Crippen LogP contribution in [0, 0.1) is 6.92 Å². The first-order valence-corrected chi connectivity index (χ1v) is 11.2. The predicted octanol–water partition coefficient (Wildman–Crippen LogP) is 2.52. The minimum absolute atomic E-state index is 0.0795. The van der Waals surface area contributed by atoms with E-state index in [0.717, 1.165) is 87.6 Å². The molecular formula is C22H31N5O2. The van der Waals surface area contributed by atoms with E-state index in [1.165, 1.54) is 12.8 Å². The maximum Gasteiger partial charge on any atom is 0.252 e. The minimum Gasteiger partial charge on any atom is -0.381 e. The molecule has 0 spiro atoms. The van der Waals surface area contributed by atoms with E-state index in [-0.39, 0.29) is 11.6 Å². The molecule has 4 heterocycles. The van der Waals surface area contributed by atoms with Crippen LogP contribution in [0.15, 0.2) is 17.1 Å². The van der Waals surface area contributed by atoms with Crippen LogP contribution in [0.1, 0.15) is 50.1 Å². The Bertz CT molecular complexity index is 923. The van der Waals surface area contributed by atoms with Gasteiger partial charge in [-0.05, 0) is 38.2 Å². The van der Waals surface area contributed by atoms with Crippen molar-refractivity contribution < 1.29 is 4.74 Å². The van der Waals surface area contributed by atoms with Crippen molar-refractivity contribution in [2.75, 3.05) is 44.3 Å². The lowest BCUT2D eigenvalue weighted by Crippen LogP contribution is -2.52. The zero-order valence-electron chi connectivity index (χ0n) is 17.3. The Morgan fingerprint density at radius 2 is 1.72 bits per heavy atom. The van der Waals surface area contributed by atoms with Crippen LogP contribution in [0.25, 0.3) is 11.0 Å². The third-order valence-corrected chi connectivity index (χ3v) is 6.98. The molecule has 1 saturated carbocycles. The van der Waals surface area contributed by atoms with E-state index in [0.29, 0.717) is 6.04 Å². The van der Waals surface area contributed by atoms with Crippen LogP contribution in [0.2, 0.25) is 0 Å². The number of hydrogen-bond donors (Lipinski definition) is 0. The van der Waals surface area contributed by atoms with Gasteiger partial charge >= 0.3 is 0 Å². The van der Waals surface area contributed by atoms with E-state index in [1.807, 2.05) is 17.7 Å². The zero-order valence-corrected chi connectivity index (χ0v) is 17.3. The van der Waals surface area contributed by atoms with Gasteiger partial charge in [0, 0.05) is 69.1 Å². The Hall–Kier alpha value is -1.99. The second-order valence-electron chi connectivity index (χ2n) is 8.75. The fourth-order valence-corrected chi connectivity index (χ4v) is 5.27. The number of piperazine rings is 1. The lowest BCUT2D eigenvalue weighted by molar-refractivity contribution is 0.0320. The number of fused-ring (bicyclic) bond motifs is 1. The van der Waals surface area contributed by atoms with Crippen molar-refractivity contribution in [3.8, 4) is 0 Å². The maximum atomic E-state index is 12.8. The molecule has 2 aromatic rings. The van der Waals surface area contributed by atoms with Crippen molar-refractivity contribution in [2.45, 2.75) is 57.5 Å². The quantitative estimate of drug-likeness (QED) is 0.793. The maximum absolute atomic E-state index is 12.8. The molecule has 0 radical (unpaired) electrons. The third kappa shape index (κ3) is 3.66. The number of hydrogen-bond acceptors (Lipinski definition) is 6. The Labute approximate surface area is 171 Å². The van der Waals surface area contributed by atoms with Crippen LogP contribution in [0.4, 0.5) is 5.95 Å². The summed E-state index contributed by atoms with van der Waals surface area (Å²) >= 11 is 0. The molecule has 3 aliphatic rings. The highest BCUT2D eigenvalue weighted by Crippen LogP contribution is 2.31. The summed E-state index contributed by atoms with van der Waals surface area (Å²) in [5.74, 6) is 0.765. The second-order valence-corrected chi connectivity index (χ2v) is 8.75. The van der Waals surface area contributed by atoms with Crippen LogP contribution in [-0.2, 0) is 4.74 Å². The summed E-state index contributed by atoms with van der Waals surface area (Å²) in [4.78, 5) is 27.3. The Kier molecular flexibility index (Phi) is 5.26. The fourth-order valence-electron chi connectivity index (χ4n) is 5.27. The summed E-state index contributed by atoms with van der Waals surface area (Å²) in [6, 6.07) is 2.67. The van der Waals surface area contributed by atoms with Gasteiger partial charge in [-0.25, -0.2) is 4.98 Å². The van der Waals surface area contributed by atoms with Gasteiger partial charge in [0.15, 0.2) is 0 Å². The van der Waals surface area contributed by atoms with Gasteiger partial charge in [0.25, 0.3) is 5.56 Å². The van der Waals surface area contributed by atoms with Gasteiger partial charge in [-0.1, -0.05) is 12.8 Å². The molecule has 7 heteroatoms. The summed E-state index contributed by atoms with van der Waals surface area (Å²) < 4.78 is 7.45. The highest BCUT2D eigenvalue weighted by atomic mass is 16.5. The fraction of sp³-hybridized carbons (Fsp3) is 0.682. The molecular weight excluding hydrogens is 366 g/mol. The molecule has 0 N–H and O–H groups in total. The molecule has 2 saturated heterocycles. The molecule has 2 aliphatic heterocycles. The van der Waals surface area contributed by atoms with Crippen LogP contribution in [0.5, 0.6) is 0 Å². The van der Waals surface area contributed by atoms with Crippen molar-refractivity contribution >= 4 is 17.0 Å². The van der Waals surface area contributed by atoms with Crippen molar-refractivity contribution in [1.82, 2.24) is 19.4 Å². The predicted molar refractivity (Wildman–Crippen MR) is 114 cm³/mol. The summed E-state index contributed by atoms with van der Waals surface area (Å²) in [6.45, 7) is 7.70. The Morgan fingerprint density at radius 1 is 1.00 bits per heavy atom. The molecule has 5 rings (SSSR count). The molecule has 0 bridgehead atoms. The van der Waals surface area contributed by atoms with Gasteiger partial charge in [-0.15, -0.1) is 0 Å². The molecule has 3 fully saturated rings. The molecule has 0 amide bonds. The molecule has 156 valence electrons. The van der Waals surface area contributed by atoms with Crippen LogP contribution >= 0.6 is 0 Å². The lowest BCUT2D eigenvalue weighted by atomic mass is 10.1. The van der Waals surface area contributed by atoms with E-state index in [1.54, 1.807) is 6.07 Å². The first kappa shape index (κ1) is 19.0. The lowest BCUT2D eigenvalue weighted by Gasteiger charge is -2.40. The van der Waals surface area contributed by atoms with Gasteiger partial charge < -0.3 is 9.64 Å². The molecule has 7 nitrogen and oxygen atoms in total. The summed E-state index contributed by atoms with van der Waals surface area (Å²) in [6.07, 6.45) is 8.72. The van der Waals surface area contributed by atoms with Crippen molar-refractivity contribution in [2.24, 2.45) is 0 Å². The van der Waals surface area contributed by atoms with Crippen LogP contribution in [0.3, 0.4) is 0 Å². The average molecular weight is 398 g/mol. The number of anilines is 1. The standard InChI is InChI=1S/C22H31N5O2/c1-16-14-20(28)27(18-4-2-3-5-18)21-19(16)15-23-22(24-21)26-10-8-25(9-11-26)17-6-12-29-13-7-17/h14-15,17-18H,2-13H2,1H3. The molecule has 29 heavy (non-hydrogen) atoms. The molecule has 0 unspecified atom stereocenters. The minimum atomic E-state index is 0.0795. The highest BCUT2D eigenvalue weighted by molar-refractivity contribution is 5.79. The van der Waals surface area contributed by atoms with Crippen molar-refractivity contribution in [3.63, 3.8) is 0 Å². The topological polar surface area (TPSA) is 63.5 Å². The highest BCUT2D eigenvalue weighted by Gasteiger charge is 2.27. The molecule has 1 aliphatic carbocycles. The van der Waals surface area contributed by atoms with Crippen molar-refractivity contribution in [3.05, 3.63) is 28.2 Å². The largest absolute Gasteiger partial charge is 0.381 e. The van der Waals surface area contributed by atoms with Gasteiger partial charge in [0.05, 0.1) is 0 Å². The Balaban J connectivity index is 1.41. The van der Waals surface area contributed by atoms with E-state index >= 15 is 0 Å². The number of nitrogens with zero attached hydrogens (tertiary/aromatic N) is 5. The van der Waals surface area contributed by atoms with E-state index in [9.17, 15) is 4.79 Å². The first-order valence-electron chi connectivity index (χ1n) is 11.2. The normalized spacial score (nSPS) is 22.6. The smallest absolute Gasteiger partial charge is 0.252 e. The third-order valence-electron chi connectivity index (χ3n) is 6.98. The number of aryl methyl sites for hydroxylation is 1. The summed E-state index contributed by atoms with van der Waals surface area (Å²) in [5.41, 5.74) is 1.87. The van der Waals surface area contributed by atoms with E-state index in [2.05, 4.69) is 14.8 Å². The average Bonchev–Trinajstić information content (AvgIpc) is 3.28. The van der Waals surface area contributed by atoms with E-state index < -0.39 is 0 Å². The van der Waals surface area contributed by atoms with Crippen LogP contribution < -0.4 is 10.5 Å². The van der Waals surface area contributed by atoms with E-state index in [4.69, 9.17) is 9.72 Å². The van der Waals surface area contributed by atoms with Crippen molar-refractivity contribution in [1.29, 1.82) is 0 Å².